The number of hydrogen-bond donors (Lipinski definition) is 2. The zero-order valence-corrected chi connectivity index (χ0v) is 13.3. The van der Waals surface area contributed by atoms with Crippen molar-refractivity contribution in [3.63, 3.8) is 0 Å². The second-order valence-electron chi connectivity index (χ2n) is 5.68. The van der Waals surface area contributed by atoms with Gasteiger partial charge in [-0.1, -0.05) is 18.2 Å². The minimum atomic E-state index is -0.237. The van der Waals surface area contributed by atoms with Gasteiger partial charge in [0.15, 0.2) is 0 Å². The third-order valence-corrected chi connectivity index (χ3v) is 3.68. The first kappa shape index (κ1) is 17.6. The molecule has 0 fully saturated rings. The normalized spacial score (nSPS) is 14.3. The lowest BCUT2D eigenvalue weighted by molar-refractivity contribution is -0.122. The lowest BCUT2D eigenvalue weighted by Gasteiger charge is -2.32. The highest BCUT2D eigenvalue weighted by Gasteiger charge is 2.24. The van der Waals surface area contributed by atoms with Gasteiger partial charge in [-0.05, 0) is 33.9 Å². The molecule has 118 valence electrons. The van der Waals surface area contributed by atoms with Gasteiger partial charge in [-0.15, -0.1) is 0 Å². The molecule has 1 rings (SSSR count). The number of benzene rings is 1. The molecule has 1 amide bonds. The van der Waals surface area contributed by atoms with Gasteiger partial charge < -0.3 is 11.1 Å². The number of nitrogens with zero attached hydrogens (tertiary/aromatic N) is 1. The Bertz CT molecular complexity index is 465. The Morgan fingerprint density at radius 2 is 1.95 bits per heavy atom. The molecule has 0 bridgehead atoms. The van der Waals surface area contributed by atoms with Gasteiger partial charge in [-0.3, -0.25) is 9.69 Å². The molecule has 0 saturated carbocycles. The third kappa shape index (κ3) is 5.10. The molecule has 3 N–H and O–H groups in total. The fourth-order valence-corrected chi connectivity index (χ4v) is 2.34. The van der Waals surface area contributed by atoms with Gasteiger partial charge in [0.2, 0.25) is 5.91 Å². The number of amides is 1. The van der Waals surface area contributed by atoms with Crippen LogP contribution in [0.2, 0.25) is 0 Å². The molecular weight excluding hydrogens is 269 g/mol. The molecule has 21 heavy (non-hydrogen) atoms. The highest BCUT2D eigenvalue weighted by Crippen LogP contribution is 2.23. The van der Waals surface area contributed by atoms with E-state index in [4.69, 9.17) is 5.73 Å². The molecule has 1 aromatic rings. The first-order valence-electron chi connectivity index (χ1n) is 7.32. The Morgan fingerprint density at radius 3 is 2.48 bits per heavy atom. The maximum Gasteiger partial charge on any atom is 0.221 e. The molecule has 0 aliphatic rings. The second kappa shape index (κ2) is 8.10. The highest BCUT2D eigenvalue weighted by atomic mass is 19.1. The highest BCUT2D eigenvalue weighted by molar-refractivity contribution is 5.76. The summed E-state index contributed by atoms with van der Waals surface area (Å²) < 4.78 is 13.9. The number of likely N-dealkylation sites (N-methyl/N-ethyl adjacent to an activating group) is 1. The maximum atomic E-state index is 13.9. The molecule has 0 radical (unpaired) electrons. The maximum absolute atomic E-state index is 13.9. The summed E-state index contributed by atoms with van der Waals surface area (Å²) in [4.78, 5) is 13.8. The van der Waals surface area contributed by atoms with Crippen LogP contribution in [-0.2, 0) is 4.79 Å². The summed E-state index contributed by atoms with van der Waals surface area (Å²) in [7, 11) is 1.87. The number of nitrogens with one attached hydrogen (secondary N) is 1. The number of hydrogen-bond acceptors (Lipinski definition) is 3. The van der Waals surface area contributed by atoms with Crippen LogP contribution in [0.5, 0.6) is 0 Å². The quantitative estimate of drug-likeness (QED) is 0.809. The van der Waals surface area contributed by atoms with Crippen LogP contribution in [0.4, 0.5) is 4.39 Å². The van der Waals surface area contributed by atoms with E-state index in [0.29, 0.717) is 18.5 Å². The number of halogens is 1. The largest absolute Gasteiger partial charge is 0.354 e. The van der Waals surface area contributed by atoms with E-state index in [2.05, 4.69) is 5.32 Å². The van der Waals surface area contributed by atoms with E-state index in [1.54, 1.807) is 12.1 Å². The van der Waals surface area contributed by atoms with Crippen LogP contribution in [0.3, 0.4) is 0 Å². The average molecular weight is 295 g/mol. The molecule has 0 saturated heterocycles. The molecule has 2 atom stereocenters. The number of rotatable bonds is 7. The van der Waals surface area contributed by atoms with Crippen molar-refractivity contribution in [2.45, 2.75) is 45.3 Å². The molecule has 0 aliphatic heterocycles. The van der Waals surface area contributed by atoms with Crippen molar-refractivity contribution in [3.8, 4) is 0 Å². The fraction of sp³-hybridized carbons (Fsp3) is 0.562. The minimum absolute atomic E-state index is 0.0342. The summed E-state index contributed by atoms with van der Waals surface area (Å²) in [5.74, 6) is -0.271. The van der Waals surface area contributed by atoms with E-state index in [1.165, 1.54) is 6.07 Å². The van der Waals surface area contributed by atoms with Crippen LogP contribution in [0, 0.1) is 5.82 Å². The van der Waals surface area contributed by atoms with Gasteiger partial charge in [0.1, 0.15) is 5.82 Å². The van der Waals surface area contributed by atoms with E-state index < -0.39 is 0 Å². The van der Waals surface area contributed by atoms with Gasteiger partial charge in [0.05, 0.1) is 0 Å². The standard InChI is InChI=1S/C16H26FN3O/c1-11(2)19-16(21)9-13(10-18)20(4)12(3)14-7-5-6-8-15(14)17/h5-8,11-13H,9-10,18H2,1-4H3,(H,19,21). The first-order valence-corrected chi connectivity index (χ1v) is 7.32. The smallest absolute Gasteiger partial charge is 0.221 e. The number of carbonyl (C=O) groups excluding carboxylic acids is 1. The zero-order valence-electron chi connectivity index (χ0n) is 13.3. The average Bonchev–Trinajstić information content (AvgIpc) is 2.43. The predicted octanol–water partition coefficient (Wildman–Crippen LogP) is 2.06. The predicted molar refractivity (Wildman–Crippen MR) is 83.3 cm³/mol. The summed E-state index contributed by atoms with van der Waals surface area (Å²) in [6, 6.07) is 6.52. The first-order chi connectivity index (χ1) is 9.86. The van der Waals surface area contributed by atoms with Crippen LogP contribution in [-0.4, -0.2) is 36.5 Å². The molecule has 0 aliphatic carbocycles. The summed E-state index contributed by atoms with van der Waals surface area (Å²) in [6.07, 6.45) is 0.309. The zero-order chi connectivity index (χ0) is 16.0. The van der Waals surface area contributed by atoms with E-state index in [9.17, 15) is 9.18 Å². The molecule has 1 aromatic carbocycles. The van der Waals surface area contributed by atoms with Crippen LogP contribution in [0.1, 0.15) is 38.8 Å². The third-order valence-electron chi connectivity index (χ3n) is 3.68. The molecule has 0 spiro atoms. The SMILES string of the molecule is CC(C)NC(=O)CC(CN)N(C)C(C)c1ccccc1F. The van der Waals surface area contributed by atoms with Crippen molar-refractivity contribution in [2.75, 3.05) is 13.6 Å². The molecule has 4 nitrogen and oxygen atoms in total. The number of nitrogens with two attached hydrogens (primary N) is 1. The minimum Gasteiger partial charge on any atom is -0.354 e. The van der Waals surface area contributed by atoms with Crippen LogP contribution < -0.4 is 11.1 Å². The molecule has 0 aromatic heterocycles. The second-order valence-corrected chi connectivity index (χ2v) is 5.68. The van der Waals surface area contributed by atoms with Crippen LogP contribution >= 0.6 is 0 Å². The van der Waals surface area contributed by atoms with Crippen molar-refractivity contribution in [3.05, 3.63) is 35.6 Å². The van der Waals surface area contributed by atoms with Gasteiger partial charge >= 0.3 is 0 Å². The lowest BCUT2D eigenvalue weighted by atomic mass is 10.0. The monoisotopic (exact) mass is 295 g/mol. The van der Waals surface area contributed by atoms with E-state index in [0.717, 1.165) is 0 Å². The Kier molecular flexibility index (Phi) is 6.78. The van der Waals surface area contributed by atoms with E-state index in [1.807, 2.05) is 38.8 Å². The van der Waals surface area contributed by atoms with Crippen molar-refractivity contribution in [1.82, 2.24) is 10.2 Å². The van der Waals surface area contributed by atoms with Gasteiger partial charge in [0.25, 0.3) is 0 Å². The lowest BCUT2D eigenvalue weighted by Crippen LogP contribution is -2.44. The fourth-order valence-electron chi connectivity index (χ4n) is 2.34. The van der Waals surface area contributed by atoms with Gasteiger partial charge in [0, 0.05) is 36.7 Å². The molecule has 0 heterocycles. The van der Waals surface area contributed by atoms with Crippen molar-refractivity contribution in [1.29, 1.82) is 0 Å². The summed E-state index contributed by atoms with van der Waals surface area (Å²) in [6.45, 7) is 6.10. The Morgan fingerprint density at radius 1 is 1.33 bits per heavy atom. The molecular formula is C16H26FN3O. The summed E-state index contributed by atoms with van der Waals surface area (Å²) in [5, 5.41) is 2.86. The van der Waals surface area contributed by atoms with Crippen molar-refractivity contribution in [2.24, 2.45) is 5.73 Å². The molecule has 5 heteroatoms. The van der Waals surface area contributed by atoms with Crippen LogP contribution in [0.15, 0.2) is 24.3 Å². The van der Waals surface area contributed by atoms with Gasteiger partial charge in [-0.25, -0.2) is 4.39 Å². The summed E-state index contributed by atoms with van der Waals surface area (Å²) >= 11 is 0. The van der Waals surface area contributed by atoms with Crippen molar-refractivity contribution >= 4 is 5.91 Å². The van der Waals surface area contributed by atoms with Crippen LogP contribution in [0.25, 0.3) is 0 Å². The summed E-state index contributed by atoms with van der Waals surface area (Å²) in [5.41, 5.74) is 6.40. The van der Waals surface area contributed by atoms with E-state index in [-0.39, 0.29) is 29.8 Å². The topological polar surface area (TPSA) is 58.4 Å². The van der Waals surface area contributed by atoms with Gasteiger partial charge in [-0.2, -0.15) is 0 Å². The van der Waals surface area contributed by atoms with E-state index >= 15 is 0 Å². The number of carbonyl (C=O) groups is 1. The Balaban J connectivity index is 2.76. The molecule has 2 unspecified atom stereocenters. The van der Waals surface area contributed by atoms with Crippen molar-refractivity contribution < 1.29 is 9.18 Å². The Labute approximate surface area is 126 Å². The Hall–Kier alpha value is -1.46.